The minimum absolute atomic E-state index is 0.696. The fourth-order valence-electron chi connectivity index (χ4n) is 3.85. The van der Waals surface area contributed by atoms with Crippen molar-refractivity contribution in [1.29, 1.82) is 0 Å². The topological polar surface area (TPSA) is 113 Å². The number of fused-ring (bicyclic) bond motifs is 2. The van der Waals surface area contributed by atoms with Crippen LogP contribution in [0.1, 0.15) is 0 Å². The van der Waals surface area contributed by atoms with Crippen LogP contribution < -0.4 is 4.90 Å². The van der Waals surface area contributed by atoms with Crippen LogP contribution in [-0.4, -0.2) is 66.2 Å². The molecule has 0 atom stereocenters. The number of anilines is 1. The molecule has 0 amide bonds. The Kier molecular flexibility index (Phi) is 3.78. The average molecular weight is 401 g/mol. The van der Waals surface area contributed by atoms with Gasteiger partial charge in [-0.2, -0.15) is 10.2 Å². The lowest BCUT2D eigenvalue weighted by Crippen LogP contribution is -2.36. The molecule has 10 heteroatoms. The summed E-state index contributed by atoms with van der Waals surface area (Å²) in [4.78, 5) is 19.6. The Morgan fingerprint density at radius 3 is 2.83 bits per heavy atom. The highest BCUT2D eigenvalue weighted by atomic mass is 16.5. The van der Waals surface area contributed by atoms with Crippen molar-refractivity contribution in [3.63, 3.8) is 0 Å². The quantitative estimate of drug-likeness (QED) is 0.476. The van der Waals surface area contributed by atoms with Crippen LogP contribution in [0.25, 0.3) is 44.7 Å². The van der Waals surface area contributed by atoms with Crippen LogP contribution >= 0.6 is 0 Å². The Bertz CT molecular complexity index is 1360. The third-order valence-electron chi connectivity index (χ3n) is 5.36. The van der Waals surface area contributed by atoms with Crippen molar-refractivity contribution in [3.05, 3.63) is 36.9 Å². The lowest BCUT2D eigenvalue weighted by molar-refractivity contribution is 0.122. The standard InChI is InChI=1S/C20H19N9O/c1-28-11-12(9-23-28)15-8-13-16(10-22-15)26-27-17(13)19-24-14-2-3-21-20(18(14)25-19)29-4-6-30-7-5-29/h2-3,8-11H,4-7H2,1H3,(H,24,25)(H,26,27). The Balaban J connectivity index is 1.47. The fraction of sp³-hybridized carbons (Fsp3) is 0.250. The lowest BCUT2D eigenvalue weighted by Gasteiger charge is -2.27. The van der Waals surface area contributed by atoms with Gasteiger partial charge in [0.25, 0.3) is 0 Å². The van der Waals surface area contributed by atoms with Crippen molar-refractivity contribution < 1.29 is 4.74 Å². The predicted octanol–water partition coefficient (Wildman–Crippen LogP) is 2.13. The van der Waals surface area contributed by atoms with E-state index in [0.29, 0.717) is 19.0 Å². The highest BCUT2D eigenvalue weighted by Gasteiger charge is 2.20. The molecule has 0 bridgehead atoms. The molecular formula is C20H19N9O. The maximum atomic E-state index is 5.47. The molecule has 5 aromatic rings. The van der Waals surface area contributed by atoms with Crippen molar-refractivity contribution in [2.24, 2.45) is 7.05 Å². The first-order valence-electron chi connectivity index (χ1n) is 9.77. The van der Waals surface area contributed by atoms with Crippen molar-refractivity contribution in [3.8, 4) is 22.8 Å². The van der Waals surface area contributed by atoms with Gasteiger partial charge in [0, 0.05) is 43.5 Å². The van der Waals surface area contributed by atoms with Gasteiger partial charge in [0.05, 0.1) is 42.3 Å². The number of rotatable bonds is 3. The van der Waals surface area contributed by atoms with Crippen molar-refractivity contribution in [2.45, 2.75) is 0 Å². The largest absolute Gasteiger partial charge is 0.378 e. The summed E-state index contributed by atoms with van der Waals surface area (Å²) in [5, 5.41) is 12.8. The maximum Gasteiger partial charge on any atom is 0.159 e. The van der Waals surface area contributed by atoms with Gasteiger partial charge in [-0.3, -0.25) is 14.8 Å². The van der Waals surface area contributed by atoms with Crippen LogP contribution in [0.5, 0.6) is 0 Å². The molecule has 30 heavy (non-hydrogen) atoms. The minimum atomic E-state index is 0.696. The molecule has 1 aliphatic heterocycles. The molecule has 2 N–H and O–H groups in total. The molecule has 1 fully saturated rings. The predicted molar refractivity (Wildman–Crippen MR) is 112 cm³/mol. The molecule has 150 valence electrons. The van der Waals surface area contributed by atoms with E-state index in [2.05, 4.69) is 35.1 Å². The minimum Gasteiger partial charge on any atom is -0.378 e. The molecule has 6 heterocycles. The molecule has 10 nitrogen and oxygen atoms in total. The molecule has 1 saturated heterocycles. The zero-order valence-corrected chi connectivity index (χ0v) is 16.3. The summed E-state index contributed by atoms with van der Waals surface area (Å²) in [5.74, 6) is 1.57. The first kappa shape index (κ1) is 17.1. The Hall–Kier alpha value is -3.79. The van der Waals surface area contributed by atoms with Gasteiger partial charge in [0.1, 0.15) is 11.2 Å². The van der Waals surface area contributed by atoms with E-state index < -0.39 is 0 Å². The van der Waals surface area contributed by atoms with E-state index in [4.69, 9.17) is 9.72 Å². The van der Waals surface area contributed by atoms with E-state index in [1.54, 1.807) is 17.1 Å². The number of ether oxygens (including phenoxy) is 1. The zero-order chi connectivity index (χ0) is 20.1. The van der Waals surface area contributed by atoms with Crippen molar-refractivity contribution in [2.75, 3.05) is 31.2 Å². The number of hydrogen-bond acceptors (Lipinski definition) is 7. The highest BCUT2D eigenvalue weighted by molar-refractivity contribution is 5.96. The van der Waals surface area contributed by atoms with Gasteiger partial charge in [-0.1, -0.05) is 0 Å². The number of aromatic amines is 2. The Morgan fingerprint density at radius 2 is 2.00 bits per heavy atom. The summed E-state index contributed by atoms with van der Waals surface area (Å²) in [6.45, 7) is 3.01. The van der Waals surface area contributed by atoms with Crippen molar-refractivity contribution >= 4 is 27.8 Å². The van der Waals surface area contributed by atoms with Gasteiger partial charge in [-0.05, 0) is 12.1 Å². The molecule has 0 unspecified atom stereocenters. The maximum absolute atomic E-state index is 5.47. The summed E-state index contributed by atoms with van der Waals surface area (Å²) in [6.07, 6.45) is 7.34. The van der Waals surface area contributed by atoms with Crippen LogP contribution in [0.3, 0.4) is 0 Å². The van der Waals surface area contributed by atoms with Crippen LogP contribution in [0.2, 0.25) is 0 Å². The number of aryl methyl sites for hydroxylation is 1. The van der Waals surface area contributed by atoms with Gasteiger partial charge in [-0.25, -0.2) is 9.97 Å². The zero-order valence-electron chi connectivity index (χ0n) is 16.3. The second-order valence-corrected chi connectivity index (χ2v) is 7.31. The fourth-order valence-corrected chi connectivity index (χ4v) is 3.85. The Morgan fingerprint density at radius 1 is 1.10 bits per heavy atom. The summed E-state index contributed by atoms with van der Waals surface area (Å²) in [7, 11) is 1.89. The van der Waals surface area contributed by atoms with Crippen LogP contribution in [0.15, 0.2) is 36.9 Å². The normalized spacial score (nSPS) is 14.8. The lowest BCUT2D eigenvalue weighted by atomic mass is 10.1. The second-order valence-electron chi connectivity index (χ2n) is 7.31. The number of hydrogen-bond donors (Lipinski definition) is 2. The van der Waals surface area contributed by atoms with E-state index in [1.165, 1.54) is 0 Å². The van der Waals surface area contributed by atoms with E-state index >= 15 is 0 Å². The Labute approximate surface area is 170 Å². The SMILES string of the molecule is Cn1cc(-c2cc3c(-c4nc5c(N6CCOCC6)nccc5[nH]4)n[nH]c3cn2)cn1. The van der Waals surface area contributed by atoms with Crippen molar-refractivity contribution in [1.82, 2.24) is 39.9 Å². The number of nitrogens with one attached hydrogen (secondary N) is 2. The van der Waals surface area contributed by atoms with E-state index in [0.717, 1.165) is 57.8 Å². The van der Waals surface area contributed by atoms with Gasteiger partial charge < -0.3 is 14.6 Å². The first-order chi connectivity index (χ1) is 14.8. The van der Waals surface area contributed by atoms with Crippen LogP contribution in [-0.2, 0) is 11.8 Å². The monoisotopic (exact) mass is 401 g/mol. The molecule has 0 aliphatic carbocycles. The highest BCUT2D eigenvalue weighted by Crippen LogP contribution is 2.31. The van der Waals surface area contributed by atoms with E-state index in [9.17, 15) is 0 Å². The van der Waals surface area contributed by atoms with Gasteiger partial charge >= 0.3 is 0 Å². The molecule has 6 rings (SSSR count). The molecule has 5 aromatic heterocycles. The summed E-state index contributed by atoms with van der Waals surface area (Å²) in [5.41, 5.74) is 5.16. The number of aromatic nitrogens is 8. The van der Waals surface area contributed by atoms with Gasteiger partial charge in [0.2, 0.25) is 0 Å². The van der Waals surface area contributed by atoms with Gasteiger partial charge in [0.15, 0.2) is 11.6 Å². The second kappa shape index (κ2) is 6.63. The third-order valence-corrected chi connectivity index (χ3v) is 5.36. The molecule has 0 radical (unpaired) electrons. The number of nitrogens with zero attached hydrogens (tertiary/aromatic N) is 7. The molecule has 1 aliphatic rings. The van der Waals surface area contributed by atoms with Crippen LogP contribution in [0, 0.1) is 0 Å². The smallest absolute Gasteiger partial charge is 0.159 e. The summed E-state index contributed by atoms with van der Waals surface area (Å²) in [6, 6.07) is 3.95. The third kappa shape index (κ3) is 2.72. The number of H-pyrrole nitrogens is 2. The van der Waals surface area contributed by atoms with Crippen LogP contribution in [0.4, 0.5) is 5.82 Å². The summed E-state index contributed by atoms with van der Waals surface area (Å²) < 4.78 is 7.23. The molecule has 0 spiro atoms. The number of imidazole rings is 1. The average Bonchev–Trinajstić information content (AvgIpc) is 3.50. The first-order valence-corrected chi connectivity index (χ1v) is 9.77. The summed E-state index contributed by atoms with van der Waals surface area (Å²) >= 11 is 0. The van der Waals surface area contributed by atoms with E-state index in [1.807, 2.05) is 31.6 Å². The number of pyridine rings is 2. The molecule has 0 saturated carbocycles. The molecule has 0 aromatic carbocycles. The van der Waals surface area contributed by atoms with Gasteiger partial charge in [-0.15, -0.1) is 0 Å². The molecular weight excluding hydrogens is 382 g/mol. The number of morpholine rings is 1. The van der Waals surface area contributed by atoms with E-state index in [-0.39, 0.29) is 0 Å².